The molecule has 2 rings (SSSR count). The molecule has 0 aliphatic carbocycles. The predicted molar refractivity (Wildman–Crippen MR) is 88.0 cm³/mol. The first kappa shape index (κ1) is 17.7. The van der Waals surface area contributed by atoms with Crippen molar-refractivity contribution in [3.8, 4) is 0 Å². The molecule has 1 aromatic rings. The summed E-state index contributed by atoms with van der Waals surface area (Å²) >= 11 is 1.41. The Morgan fingerprint density at radius 2 is 2.17 bits per heavy atom. The molecule has 23 heavy (non-hydrogen) atoms. The smallest absolute Gasteiger partial charge is 0.407 e. The van der Waals surface area contributed by atoms with Crippen molar-refractivity contribution in [3.05, 3.63) is 16.1 Å². The highest BCUT2D eigenvalue weighted by molar-refractivity contribution is 7.09. The van der Waals surface area contributed by atoms with Crippen LogP contribution in [-0.4, -0.2) is 46.2 Å². The first-order chi connectivity index (χ1) is 10.8. The minimum absolute atomic E-state index is 0.00743. The normalized spacial score (nSPS) is 22.0. The summed E-state index contributed by atoms with van der Waals surface area (Å²) in [6.45, 7) is 8.76. The van der Waals surface area contributed by atoms with E-state index in [-0.39, 0.29) is 17.4 Å². The van der Waals surface area contributed by atoms with Crippen LogP contribution in [0.1, 0.15) is 62.0 Å². The van der Waals surface area contributed by atoms with Gasteiger partial charge in [0.05, 0.1) is 11.6 Å². The van der Waals surface area contributed by atoms with Crippen molar-refractivity contribution in [2.45, 2.75) is 52.5 Å². The first-order valence-electron chi connectivity index (χ1n) is 7.87. The molecule has 0 radical (unpaired) electrons. The summed E-state index contributed by atoms with van der Waals surface area (Å²) in [4.78, 5) is 29.4. The van der Waals surface area contributed by atoms with Crippen LogP contribution >= 0.6 is 11.3 Å². The SMILES string of the molecule is CCOC(=O)c1csc(C2CCCN(C(=O)O)C2C(C)(C)C)n1. The molecule has 1 aromatic heterocycles. The molecule has 1 N–H and O–H groups in total. The summed E-state index contributed by atoms with van der Waals surface area (Å²) in [7, 11) is 0. The third-order valence-corrected chi connectivity index (χ3v) is 5.06. The van der Waals surface area contributed by atoms with E-state index in [1.807, 2.05) is 20.8 Å². The highest BCUT2D eigenvalue weighted by Crippen LogP contribution is 2.42. The van der Waals surface area contributed by atoms with Gasteiger partial charge < -0.3 is 14.7 Å². The highest BCUT2D eigenvalue weighted by Gasteiger charge is 2.43. The molecule has 2 unspecified atom stereocenters. The van der Waals surface area contributed by atoms with Crippen LogP contribution in [0.5, 0.6) is 0 Å². The summed E-state index contributed by atoms with van der Waals surface area (Å²) in [5.41, 5.74) is 0.103. The molecule has 0 aromatic carbocycles. The van der Waals surface area contributed by atoms with Gasteiger partial charge in [-0.05, 0) is 25.2 Å². The van der Waals surface area contributed by atoms with Gasteiger partial charge in [0, 0.05) is 23.9 Å². The minimum Gasteiger partial charge on any atom is -0.465 e. The molecule has 2 atom stereocenters. The molecule has 7 heteroatoms. The Morgan fingerprint density at radius 3 is 2.74 bits per heavy atom. The number of carbonyl (C=O) groups is 2. The second-order valence-electron chi connectivity index (χ2n) is 6.83. The maximum atomic E-state index is 11.8. The second-order valence-corrected chi connectivity index (χ2v) is 7.72. The third kappa shape index (κ3) is 3.83. The number of thiazole rings is 1. The largest absolute Gasteiger partial charge is 0.465 e. The molecule has 1 amide bonds. The molecular formula is C16H24N2O4S. The number of aromatic nitrogens is 1. The van der Waals surface area contributed by atoms with Crippen LogP contribution in [0.25, 0.3) is 0 Å². The van der Waals surface area contributed by atoms with Crippen LogP contribution in [0, 0.1) is 5.41 Å². The number of likely N-dealkylation sites (tertiary alicyclic amines) is 1. The van der Waals surface area contributed by atoms with Crippen LogP contribution in [0.4, 0.5) is 4.79 Å². The van der Waals surface area contributed by atoms with Gasteiger partial charge in [-0.25, -0.2) is 14.6 Å². The van der Waals surface area contributed by atoms with Gasteiger partial charge in [0.2, 0.25) is 0 Å². The van der Waals surface area contributed by atoms with Crippen molar-refractivity contribution in [2.75, 3.05) is 13.2 Å². The summed E-state index contributed by atoms with van der Waals surface area (Å²) in [6.07, 6.45) is 0.788. The maximum absolute atomic E-state index is 11.8. The number of esters is 1. The Morgan fingerprint density at radius 1 is 1.48 bits per heavy atom. The average Bonchev–Trinajstić information content (AvgIpc) is 2.95. The van der Waals surface area contributed by atoms with Crippen LogP contribution in [0.2, 0.25) is 0 Å². The van der Waals surface area contributed by atoms with Gasteiger partial charge in [0.25, 0.3) is 0 Å². The van der Waals surface area contributed by atoms with Crippen molar-refractivity contribution in [3.63, 3.8) is 0 Å². The van der Waals surface area contributed by atoms with Crippen molar-refractivity contribution < 1.29 is 19.4 Å². The molecule has 0 bridgehead atoms. The van der Waals surface area contributed by atoms with E-state index >= 15 is 0 Å². The number of nitrogens with zero attached hydrogens (tertiary/aromatic N) is 2. The summed E-state index contributed by atoms with van der Waals surface area (Å²) < 4.78 is 4.98. The van der Waals surface area contributed by atoms with E-state index in [1.54, 1.807) is 12.3 Å². The molecule has 1 aliphatic heterocycles. The zero-order valence-electron chi connectivity index (χ0n) is 14.0. The number of ether oxygens (including phenoxy) is 1. The fraction of sp³-hybridized carbons (Fsp3) is 0.688. The molecule has 2 heterocycles. The van der Waals surface area contributed by atoms with E-state index in [1.165, 1.54) is 16.2 Å². The van der Waals surface area contributed by atoms with E-state index in [0.29, 0.717) is 18.8 Å². The Labute approximate surface area is 140 Å². The fourth-order valence-corrected chi connectivity index (χ4v) is 4.25. The van der Waals surface area contributed by atoms with Gasteiger partial charge in [0.15, 0.2) is 5.69 Å². The standard InChI is InChI=1S/C16H24N2O4S/c1-5-22-14(19)11-9-23-13(17-11)10-7-6-8-18(15(20)21)12(10)16(2,3)4/h9-10,12H,5-8H2,1-4H3,(H,20,21). The van der Waals surface area contributed by atoms with Crippen LogP contribution in [-0.2, 0) is 4.74 Å². The molecule has 1 aliphatic rings. The lowest BCUT2D eigenvalue weighted by atomic mass is 9.74. The van der Waals surface area contributed by atoms with Crippen LogP contribution in [0.3, 0.4) is 0 Å². The van der Waals surface area contributed by atoms with Gasteiger partial charge in [-0.1, -0.05) is 20.8 Å². The molecule has 0 saturated carbocycles. The topological polar surface area (TPSA) is 79.7 Å². The van der Waals surface area contributed by atoms with E-state index < -0.39 is 12.1 Å². The van der Waals surface area contributed by atoms with E-state index in [0.717, 1.165) is 17.8 Å². The molecule has 128 valence electrons. The minimum atomic E-state index is -0.892. The Bertz CT molecular complexity index is 579. The zero-order valence-corrected chi connectivity index (χ0v) is 14.9. The average molecular weight is 340 g/mol. The number of rotatable bonds is 3. The van der Waals surface area contributed by atoms with Gasteiger partial charge in [-0.15, -0.1) is 11.3 Å². The number of hydrogen-bond donors (Lipinski definition) is 1. The summed E-state index contributed by atoms with van der Waals surface area (Å²) in [5.74, 6) is -0.416. The molecule has 6 nitrogen and oxygen atoms in total. The highest BCUT2D eigenvalue weighted by atomic mass is 32.1. The number of hydrogen-bond acceptors (Lipinski definition) is 5. The van der Waals surface area contributed by atoms with Gasteiger partial charge >= 0.3 is 12.1 Å². The van der Waals surface area contributed by atoms with Gasteiger partial charge in [-0.3, -0.25) is 0 Å². The van der Waals surface area contributed by atoms with Crippen molar-refractivity contribution in [2.24, 2.45) is 5.41 Å². The number of amides is 1. The van der Waals surface area contributed by atoms with Gasteiger partial charge in [0.1, 0.15) is 0 Å². The molecule has 1 saturated heterocycles. The Kier molecular flexibility index (Phi) is 5.29. The fourth-order valence-electron chi connectivity index (χ4n) is 3.30. The lowest BCUT2D eigenvalue weighted by molar-refractivity contribution is 0.0450. The third-order valence-electron chi connectivity index (χ3n) is 4.09. The number of piperidine rings is 1. The Hall–Kier alpha value is -1.63. The van der Waals surface area contributed by atoms with Crippen LogP contribution < -0.4 is 0 Å². The Balaban J connectivity index is 2.32. The predicted octanol–water partition coefficient (Wildman–Crippen LogP) is 3.59. The van der Waals surface area contributed by atoms with Gasteiger partial charge in [-0.2, -0.15) is 0 Å². The van der Waals surface area contributed by atoms with E-state index in [2.05, 4.69) is 4.98 Å². The molecule has 0 spiro atoms. The number of carbonyl (C=O) groups excluding carboxylic acids is 1. The van der Waals surface area contributed by atoms with E-state index in [9.17, 15) is 14.7 Å². The summed E-state index contributed by atoms with van der Waals surface area (Å²) in [6, 6.07) is -0.157. The zero-order chi connectivity index (χ0) is 17.2. The van der Waals surface area contributed by atoms with E-state index in [4.69, 9.17) is 4.74 Å². The number of carboxylic acid groups (broad SMARTS) is 1. The summed E-state index contributed by atoms with van der Waals surface area (Å²) in [5, 5.41) is 12.1. The quantitative estimate of drug-likeness (QED) is 0.851. The van der Waals surface area contributed by atoms with Crippen LogP contribution in [0.15, 0.2) is 5.38 Å². The van der Waals surface area contributed by atoms with Crippen molar-refractivity contribution in [1.29, 1.82) is 0 Å². The monoisotopic (exact) mass is 340 g/mol. The first-order valence-corrected chi connectivity index (χ1v) is 8.75. The lowest BCUT2D eigenvalue weighted by Gasteiger charge is -2.46. The van der Waals surface area contributed by atoms with Crippen molar-refractivity contribution in [1.82, 2.24) is 9.88 Å². The van der Waals surface area contributed by atoms with Crippen molar-refractivity contribution >= 4 is 23.4 Å². The molecule has 1 fully saturated rings. The lowest BCUT2D eigenvalue weighted by Crippen LogP contribution is -2.53. The maximum Gasteiger partial charge on any atom is 0.407 e. The molecular weight excluding hydrogens is 316 g/mol. The second kappa shape index (κ2) is 6.86.